The summed E-state index contributed by atoms with van der Waals surface area (Å²) in [6.45, 7) is 5.96. The zero-order valence-electron chi connectivity index (χ0n) is 16.8. The van der Waals surface area contributed by atoms with Gasteiger partial charge in [-0.3, -0.25) is 9.59 Å². The number of fused-ring (bicyclic) bond motifs is 2. The Morgan fingerprint density at radius 1 is 1.03 bits per heavy atom. The van der Waals surface area contributed by atoms with Crippen LogP contribution in [0.4, 0.5) is 10.7 Å². The molecule has 5 N–H and O–H groups in total. The molecule has 3 aromatic heterocycles. The maximum atomic E-state index is 13.1. The van der Waals surface area contributed by atoms with Crippen molar-refractivity contribution in [3.8, 4) is 0 Å². The number of pyridine rings is 1. The zero-order chi connectivity index (χ0) is 20.9. The quantitative estimate of drug-likeness (QED) is 0.534. The Bertz CT molecular complexity index is 1160. The highest BCUT2D eigenvalue weighted by atomic mass is 32.1. The summed E-state index contributed by atoms with van der Waals surface area (Å²) in [5.41, 5.74) is 17.0. The van der Waals surface area contributed by atoms with E-state index in [0.29, 0.717) is 21.1 Å². The highest BCUT2D eigenvalue weighted by molar-refractivity contribution is 7.21. The molecule has 6 nitrogen and oxygen atoms in total. The Hall–Kier alpha value is -2.45. The van der Waals surface area contributed by atoms with E-state index < -0.39 is 5.91 Å². The molecule has 0 spiro atoms. The summed E-state index contributed by atoms with van der Waals surface area (Å²) in [7, 11) is 0. The molecule has 0 unspecified atom stereocenters. The van der Waals surface area contributed by atoms with Crippen LogP contribution in [0.5, 0.6) is 0 Å². The van der Waals surface area contributed by atoms with Crippen LogP contribution in [0.2, 0.25) is 0 Å². The van der Waals surface area contributed by atoms with E-state index in [-0.39, 0.29) is 5.91 Å². The molecule has 2 amide bonds. The number of hydrogen-bond donors (Lipinski definition) is 3. The molecule has 1 aliphatic rings. The number of anilines is 2. The van der Waals surface area contributed by atoms with Crippen molar-refractivity contribution >= 4 is 55.4 Å². The Kier molecular flexibility index (Phi) is 5.08. The summed E-state index contributed by atoms with van der Waals surface area (Å²) in [5, 5.41) is 4.28. The molecule has 8 heteroatoms. The zero-order valence-corrected chi connectivity index (χ0v) is 18.4. The van der Waals surface area contributed by atoms with E-state index in [4.69, 9.17) is 11.5 Å². The number of carbonyl (C=O) groups excluding carboxylic acids is 2. The summed E-state index contributed by atoms with van der Waals surface area (Å²) in [4.78, 5) is 32.2. The predicted octanol–water partition coefficient (Wildman–Crippen LogP) is 4.49. The Morgan fingerprint density at radius 3 is 2.48 bits per heavy atom. The molecule has 3 heterocycles. The van der Waals surface area contributed by atoms with E-state index in [1.54, 1.807) is 0 Å². The van der Waals surface area contributed by atoms with Crippen LogP contribution in [0.15, 0.2) is 0 Å². The summed E-state index contributed by atoms with van der Waals surface area (Å²) in [5.74, 6) is -0.813. The van der Waals surface area contributed by atoms with Crippen molar-refractivity contribution in [2.24, 2.45) is 5.73 Å². The lowest BCUT2D eigenvalue weighted by molar-refractivity contribution is 0.100. The van der Waals surface area contributed by atoms with E-state index in [9.17, 15) is 9.59 Å². The van der Waals surface area contributed by atoms with Gasteiger partial charge in [0.15, 0.2) is 0 Å². The lowest BCUT2D eigenvalue weighted by atomic mass is 10.0. The van der Waals surface area contributed by atoms with Gasteiger partial charge in [-0.2, -0.15) is 0 Å². The molecule has 0 atom stereocenters. The second kappa shape index (κ2) is 7.42. The normalized spacial score (nSPS) is 13.9. The predicted molar refractivity (Wildman–Crippen MR) is 120 cm³/mol. The Morgan fingerprint density at radius 2 is 1.76 bits per heavy atom. The highest BCUT2D eigenvalue weighted by Gasteiger charge is 2.26. The number of nitrogens with two attached hydrogens (primary N) is 2. The molecule has 0 aliphatic heterocycles. The Labute approximate surface area is 177 Å². The van der Waals surface area contributed by atoms with Gasteiger partial charge in [-0.1, -0.05) is 6.42 Å². The molecule has 1 aliphatic carbocycles. The van der Waals surface area contributed by atoms with Gasteiger partial charge >= 0.3 is 0 Å². The average Bonchev–Trinajstić information content (AvgIpc) is 3.07. The number of aromatic nitrogens is 1. The molecule has 3 aromatic rings. The average molecular weight is 429 g/mol. The van der Waals surface area contributed by atoms with Crippen LogP contribution in [0.1, 0.15) is 66.6 Å². The first-order valence-electron chi connectivity index (χ1n) is 9.71. The van der Waals surface area contributed by atoms with Gasteiger partial charge in [-0.05, 0) is 63.1 Å². The van der Waals surface area contributed by atoms with Crippen LogP contribution in [0.25, 0.3) is 10.2 Å². The molecule has 0 fully saturated rings. The highest BCUT2D eigenvalue weighted by Crippen LogP contribution is 2.40. The van der Waals surface area contributed by atoms with Crippen LogP contribution in [-0.2, 0) is 12.8 Å². The lowest BCUT2D eigenvalue weighted by Gasteiger charge is -2.07. The van der Waals surface area contributed by atoms with Crippen LogP contribution in [0, 0.1) is 20.8 Å². The molecule has 0 saturated carbocycles. The smallest absolute Gasteiger partial charge is 0.268 e. The maximum absolute atomic E-state index is 13.1. The third-order valence-corrected chi connectivity index (χ3v) is 8.08. The first-order chi connectivity index (χ1) is 13.8. The third-order valence-electron chi connectivity index (χ3n) is 5.78. The molecule has 0 saturated heterocycles. The van der Waals surface area contributed by atoms with E-state index in [0.717, 1.165) is 69.6 Å². The number of thiophene rings is 2. The van der Waals surface area contributed by atoms with Crippen molar-refractivity contribution in [3.05, 3.63) is 37.7 Å². The summed E-state index contributed by atoms with van der Waals surface area (Å²) < 4.78 is 0. The summed E-state index contributed by atoms with van der Waals surface area (Å²) >= 11 is 2.74. The van der Waals surface area contributed by atoms with E-state index >= 15 is 0 Å². The first-order valence-corrected chi connectivity index (χ1v) is 11.3. The minimum atomic E-state index is -0.493. The van der Waals surface area contributed by atoms with Gasteiger partial charge in [0.1, 0.15) is 14.7 Å². The van der Waals surface area contributed by atoms with Crippen molar-refractivity contribution in [1.29, 1.82) is 0 Å². The van der Waals surface area contributed by atoms with E-state index in [1.165, 1.54) is 22.7 Å². The number of rotatable bonds is 3. The molecule has 0 aromatic carbocycles. The number of aryl methyl sites for hydroxylation is 3. The topological polar surface area (TPSA) is 111 Å². The van der Waals surface area contributed by atoms with Gasteiger partial charge in [0.05, 0.1) is 11.3 Å². The first kappa shape index (κ1) is 19.8. The fourth-order valence-electron chi connectivity index (χ4n) is 3.99. The number of hydrogen-bond acceptors (Lipinski definition) is 6. The fourth-order valence-corrected chi connectivity index (χ4v) is 6.37. The van der Waals surface area contributed by atoms with Gasteiger partial charge in [0, 0.05) is 16.0 Å². The van der Waals surface area contributed by atoms with Gasteiger partial charge in [0.25, 0.3) is 11.8 Å². The summed E-state index contributed by atoms with van der Waals surface area (Å²) in [6, 6.07) is 0. The van der Waals surface area contributed by atoms with Gasteiger partial charge < -0.3 is 16.8 Å². The lowest BCUT2D eigenvalue weighted by Crippen LogP contribution is -2.18. The molecule has 0 bridgehead atoms. The number of nitrogens with one attached hydrogen (secondary N) is 1. The number of nitrogen functional groups attached to an aromatic ring is 1. The SMILES string of the molecule is Cc1nc2sc(C(=O)Nc3sc4c(c3C(N)=O)CCCCC4)c(N)c2c(C)c1C. The number of carbonyl (C=O) groups is 2. The summed E-state index contributed by atoms with van der Waals surface area (Å²) in [6.07, 6.45) is 5.01. The third kappa shape index (κ3) is 3.30. The van der Waals surface area contributed by atoms with E-state index in [2.05, 4.69) is 10.3 Å². The van der Waals surface area contributed by atoms with Crippen LogP contribution < -0.4 is 16.8 Å². The Balaban J connectivity index is 1.75. The number of amides is 2. The fraction of sp³-hybridized carbons (Fsp3) is 0.381. The second-order valence-electron chi connectivity index (χ2n) is 7.56. The van der Waals surface area contributed by atoms with Crippen molar-refractivity contribution in [2.75, 3.05) is 11.1 Å². The van der Waals surface area contributed by atoms with Crippen molar-refractivity contribution in [3.63, 3.8) is 0 Å². The van der Waals surface area contributed by atoms with Crippen molar-refractivity contribution in [1.82, 2.24) is 4.98 Å². The van der Waals surface area contributed by atoms with E-state index in [1.807, 2.05) is 20.8 Å². The molecular weight excluding hydrogens is 404 g/mol. The molecule has 29 heavy (non-hydrogen) atoms. The van der Waals surface area contributed by atoms with Crippen molar-refractivity contribution in [2.45, 2.75) is 52.9 Å². The monoisotopic (exact) mass is 428 g/mol. The molecule has 4 rings (SSSR count). The van der Waals surface area contributed by atoms with Crippen LogP contribution in [-0.4, -0.2) is 16.8 Å². The molecular formula is C21H24N4O2S2. The van der Waals surface area contributed by atoms with Crippen LogP contribution in [0.3, 0.4) is 0 Å². The minimum Gasteiger partial charge on any atom is -0.397 e. The van der Waals surface area contributed by atoms with Gasteiger partial charge in [0.2, 0.25) is 0 Å². The number of primary amides is 1. The van der Waals surface area contributed by atoms with Gasteiger partial charge in [-0.25, -0.2) is 4.98 Å². The van der Waals surface area contributed by atoms with Gasteiger partial charge in [-0.15, -0.1) is 22.7 Å². The largest absolute Gasteiger partial charge is 0.397 e. The van der Waals surface area contributed by atoms with Crippen LogP contribution >= 0.6 is 22.7 Å². The molecule has 152 valence electrons. The van der Waals surface area contributed by atoms with Crippen molar-refractivity contribution < 1.29 is 9.59 Å². The minimum absolute atomic E-state index is 0.320. The number of nitrogens with zero attached hydrogens (tertiary/aromatic N) is 1. The molecule has 0 radical (unpaired) electrons. The second-order valence-corrected chi connectivity index (χ2v) is 9.66. The maximum Gasteiger partial charge on any atom is 0.268 e. The standard InChI is InChI=1S/C21H24N4O2S2/c1-9-10(2)14-16(22)17(29-20(14)24-11(9)3)19(27)25-21-15(18(23)26)12-7-5-4-6-8-13(12)28-21/h4-8,22H2,1-3H3,(H2,23,26)(H,25,27).